The Morgan fingerprint density at radius 1 is 1.09 bits per heavy atom. The largest absolute Gasteiger partial charge is 0.497 e. The Labute approximate surface area is 188 Å². The number of methoxy groups -OCH3 is 2. The molecular formula is C24H29N5O3. The highest BCUT2D eigenvalue weighted by Gasteiger charge is 2.24. The second-order valence-corrected chi connectivity index (χ2v) is 7.90. The van der Waals surface area contributed by atoms with E-state index in [-0.39, 0.29) is 12.6 Å². The van der Waals surface area contributed by atoms with Gasteiger partial charge in [-0.1, -0.05) is 24.1 Å². The molecule has 1 aliphatic heterocycles. The molecule has 3 aromatic rings. The molecule has 1 aliphatic rings. The number of nitrogens with zero attached hydrogens (tertiary/aromatic N) is 4. The predicted octanol–water partition coefficient (Wildman–Crippen LogP) is 4.57. The maximum Gasteiger partial charge on any atom is 0.326 e. The zero-order chi connectivity index (χ0) is 22.5. The van der Waals surface area contributed by atoms with Crippen LogP contribution in [-0.4, -0.2) is 35.0 Å². The Bertz CT molecular complexity index is 1050. The predicted molar refractivity (Wildman–Crippen MR) is 124 cm³/mol. The molecule has 8 nitrogen and oxygen atoms in total. The number of urea groups is 1. The summed E-state index contributed by atoms with van der Waals surface area (Å²) in [6.07, 6.45) is 4.30. The van der Waals surface area contributed by atoms with Crippen molar-refractivity contribution in [3.63, 3.8) is 0 Å². The standard InChI is InChI=1S/C24H29N5O3/c1-17-8-10-18(11-9-17)25-24(30)28(20-15-19(31-2)12-13-21(20)32-3)16-22-26-23-7-5-4-6-14-29(23)27-22/h8-13,15H,4-7,14,16H2,1-3H3,(H,25,30). The Hall–Kier alpha value is -3.55. The van der Waals surface area contributed by atoms with Crippen LogP contribution in [0.4, 0.5) is 16.2 Å². The molecule has 2 aromatic carbocycles. The highest BCUT2D eigenvalue weighted by atomic mass is 16.5. The molecule has 0 unspecified atom stereocenters. The van der Waals surface area contributed by atoms with Gasteiger partial charge in [0.25, 0.3) is 0 Å². The minimum Gasteiger partial charge on any atom is -0.497 e. The minimum absolute atomic E-state index is 0.210. The normalized spacial score (nSPS) is 13.1. The molecule has 0 saturated carbocycles. The number of benzene rings is 2. The first-order chi connectivity index (χ1) is 15.6. The van der Waals surface area contributed by atoms with Crippen molar-refractivity contribution < 1.29 is 14.3 Å². The highest BCUT2D eigenvalue weighted by molar-refractivity contribution is 6.02. The molecule has 2 heterocycles. The number of fused-ring (bicyclic) bond motifs is 1. The molecule has 0 fully saturated rings. The molecule has 0 saturated heterocycles. The SMILES string of the molecule is COc1ccc(OC)c(N(Cc2nc3n(n2)CCCCC3)C(=O)Nc2ccc(C)cc2)c1. The Kier molecular flexibility index (Phi) is 6.58. The van der Waals surface area contributed by atoms with Crippen LogP contribution in [0.3, 0.4) is 0 Å². The highest BCUT2D eigenvalue weighted by Crippen LogP contribution is 2.33. The summed E-state index contributed by atoms with van der Waals surface area (Å²) >= 11 is 0. The van der Waals surface area contributed by atoms with E-state index in [2.05, 4.69) is 10.4 Å². The molecule has 168 valence electrons. The second-order valence-electron chi connectivity index (χ2n) is 7.90. The molecule has 0 atom stereocenters. The number of rotatable bonds is 6. The first-order valence-electron chi connectivity index (χ1n) is 10.9. The average Bonchev–Trinajstić information content (AvgIpc) is 3.06. The summed E-state index contributed by atoms with van der Waals surface area (Å²) < 4.78 is 12.9. The van der Waals surface area contributed by atoms with Gasteiger partial charge in [-0.2, -0.15) is 5.10 Å². The Morgan fingerprint density at radius 3 is 2.66 bits per heavy atom. The quantitative estimate of drug-likeness (QED) is 0.613. The Balaban J connectivity index is 1.68. The molecule has 2 amide bonds. The number of aryl methyl sites for hydroxylation is 3. The fraction of sp³-hybridized carbons (Fsp3) is 0.375. The van der Waals surface area contributed by atoms with E-state index in [4.69, 9.17) is 14.5 Å². The number of hydrogen-bond donors (Lipinski definition) is 1. The third-order valence-electron chi connectivity index (χ3n) is 5.59. The van der Waals surface area contributed by atoms with Gasteiger partial charge >= 0.3 is 6.03 Å². The van der Waals surface area contributed by atoms with Crippen molar-refractivity contribution in [3.8, 4) is 11.5 Å². The fourth-order valence-electron chi connectivity index (χ4n) is 3.82. The zero-order valence-electron chi connectivity index (χ0n) is 18.8. The van der Waals surface area contributed by atoms with Gasteiger partial charge in [0.2, 0.25) is 0 Å². The molecule has 1 aromatic heterocycles. The van der Waals surface area contributed by atoms with Crippen LogP contribution in [0.2, 0.25) is 0 Å². The van der Waals surface area contributed by atoms with Crippen LogP contribution in [0.1, 0.15) is 36.5 Å². The van der Waals surface area contributed by atoms with Crippen molar-refractivity contribution in [2.75, 3.05) is 24.4 Å². The topological polar surface area (TPSA) is 81.5 Å². The van der Waals surface area contributed by atoms with Crippen LogP contribution in [0, 0.1) is 6.92 Å². The Morgan fingerprint density at radius 2 is 1.91 bits per heavy atom. The molecule has 8 heteroatoms. The van der Waals surface area contributed by atoms with Gasteiger partial charge in [-0.3, -0.25) is 4.90 Å². The maximum absolute atomic E-state index is 13.4. The molecule has 32 heavy (non-hydrogen) atoms. The van der Waals surface area contributed by atoms with Gasteiger partial charge in [0, 0.05) is 24.7 Å². The summed E-state index contributed by atoms with van der Waals surface area (Å²) in [6, 6.07) is 12.8. The van der Waals surface area contributed by atoms with Gasteiger partial charge in [0.1, 0.15) is 17.3 Å². The molecule has 4 rings (SSSR count). The molecule has 0 bridgehead atoms. The van der Waals surface area contributed by atoms with Gasteiger partial charge in [-0.15, -0.1) is 0 Å². The summed E-state index contributed by atoms with van der Waals surface area (Å²) in [6.45, 7) is 3.08. The minimum atomic E-state index is -0.301. The lowest BCUT2D eigenvalue weighted by Crippen LogP contribution is -2.35. The van der Waals surface area contributed by atoms with Crippen LogP contribution in [-0.2, 0) is 19.5 Å². The van der Waals surface area contributed by atoms with Gasteiger partial charge in [-0.25, -0.2) is 14.5 Å². The summed E-state index contributed by atoms with van der Waals surface area (Å²) in [4.78, 5) is 19.8. The number of carbonyl (C=O) groups is 1. The lowest BCUT2D eigenvalue weighted by Gasteiger charge is -2.24. The van der Waals surface area contributed by atoms with E-state index in [1.807, 2.05) is 35.9 Å². The smallest absolute Gasteiger partial charge is 0.326 e. The monoisotopic (exact) mass is 435 g/mol. The van der Waals surface area contributed by atoms with E-state index in [1.54, 1.807) is 37.3 Å². The third kappa shape index (κ3) is 4.85. The lowest BCUT2D eigenvalue weighted by molar-refractivity contribution is 0.256. The second kappa shape index (κ2) is 9.72. The van der Waals surface area contributed by atoms with Gasteiger partial charge < -0.3 is 14.8 Å². The lowest BCUT2D eigenvalue weighted by atomic mass is 10.2. The first-order valence-corrected chi connectivity index (χ1v) is 10.9. The van der Waals surface area contributed by atoms with Gasteiger partial charge in [-0.05, 0) is 44.0 Å². The van der Waals surface area contributed by atoms with Gasteiger partial charge in [0.15, 0.2) is 5.82 Å². The first kappa shape index (κ1) is 21.7. The van der Waals surface area contributed by atoms with E-state index in [0.29, 0.717) is 28.7 Å². The number of ether oxygens (including phenoxy) is 2. The fourth-order valence-corrected chi connectivity index (χ4v) is 3.82. The van der Waals surface area contributed by atoms with Crippen molar-refractivity contribution in [2.24, 2.45) is 0 Å². The van der Waals surface area contributed by atoms with E-state index in [9.17, 15) is 4.79 Å². The van der Waals surface area contributed by atoms with Gasteiger partial charge in [0.05, 0.1) is 26.5 Å². The molecular weight excluding hydrogens is 406 g/mol. The van der Waals surface area contributed by atoms with E-state index >= 15 is 0 Å². The molecule has 0 spiro atoms. The van der Waals surface area contributed by atoms with E-state index in [1.165, 1.54) is 6.42 Å². The van der Waals surface area contributed by atoms with Crippen LogP contribution >= 0.6 is 0 Å². The van der Waals surface area contributed by atoms with Crippen molar-refractivity contribution in [1.29, 1.82) is 0 Å². The summed E-state index contributed by atoms with van der Waals surface area (Å²) in [5, 5.41) is 7.66. The van der Waals surface area contributed by atoms with Crippen molar-refractivity contribution in [1.82, 2.24) is 14.8 Å². The number of aromatic nitrogens is 3. The van der Waals surface area contributed by atoms with Crippen molar-refractivity contribution in [2.45, 2.75) is 45.7 Å². The van der Waals surface area contributed by atoms with Crippen molar-refractivity contribution in [3.05, 3.63) is 59.7 Å². The van der Waals surface area contributed by atoms with E-state index < -0.39 is 0 Å². The third-order valence-corrected chi connectivity index (χ3v) is 5.59. The molecule has 0 radical (unpaired) electrons. The maximum atomic E-state index is 13.4. The van der Waals surface area contributed by atoms with Crippen LogP contribution in [0.15, 0.2) is 42.5 Å². The van der Waals surface area contributed by atoms with E-state index in [0.717, 1.165) is 37.2 Å². The van der Waals surface area contributed by atoms with Crippen LogP contribution in [0.5, 0.6) is 11.5 Å². The molecule has 0 aliphatic carbocycles. The number of hydrogen-bond acceptors (Lipinski definition) is 5. The summed E-state index contributed by atoms with van der Waals surface area (Å²) in [7, 11) is 3.18. The number of nitrogens with one attached hydrogen (secondary N) is 1. The van der Waals surface area contributed by atoms with Crippen LogP contribution < -0.4 is 19.7 Å². The number of carbonyl (C=O) groups excluding carboxylic acids is 1. The zero-order valence-corrected chi connectivity index (χ0v) is 18.8. The number of anilines is 2. The average molecular weight is 436 g/mol. The van der Waals surface area contributed by atoms with Crippen molar-refractivity contribution >= 4 is 17.4 Å². The number of amides is 2. The summed E-state index contributed by atoms with van der Waals surface area (Å²) in [5.74, 6) is 2.77. The molecule has 1 N–H and O–H groups in total. The summed E-state index contributed by atoms with van der Waals surface area (Å²) in [5.41, 5.74) is 2.42. The van der Waals surface area contributed by atoms with Crippen LogP contribution in [0.25, 0.3) is 0 Å².